The first kappa shape index (κ1) is 14.2. The van der Waals surface area contributed by atoms with Gasteiger partial charge in [0.25, 0.3) is 10.0 Å². The van der Waals surface area contributed by atoms with Crippen LogP contribution in [0.3, 0.4) is 0 Å². The lowest BCUT2D eigenvalue weighted by Crippen LogP contribution is -2.27. The maximum absolute atomic E-state index is 11.9. The summed E-state index contributed by atoms with van der Waals surface area (Å²) >= 11 is 0. The summed E-state index contributed by atoms with van der Waals surface area (Å²) < 4.78 is 27.8. The lowest BCUT2D eigenvalue weighted by Gasteiger charge is -2.06. The molecular formula is C10H13N5O4S. The summed E-state index contributed by atoms with van der Waals surface area (Å²) in [4.78, 5) is 10.9. The normalized spacial score (nSPS) is 11.6. The van der Waals surface area contributed by atoms with Gasteiger partial charge in [-0.3, -0.25) is 9.78 Å². The van der Waals surface area contributed by atoms with Gasteiger partial charge >= 0.3 is 5.97 Å². The molecule has 108 valence electrons. The predicted molar refractivity (Wildman–Crippen MR) is 67.6 cm³/mol. The standard InChI is InChI=1S/C10H13N5O4S/c16-10(17)8-7-11-14-9(8)20(18,19)13-4-2-6-15-5-1-3-12-15/h1,3,5,7,13H,2,4,6H2,(H,11,14)(H,16,17). The highest BCUT2D eigenvalue weighted by Crippen LogP contribution is 2.11. The van der Waals surface area contributed by atoms with Crippen LogP contribution in [-0.4, -0.2) is 46.0 Å². The van der Waals surface area contributed by atoms with E-state index in [2.05, 4.69) is 20.0 Å². The molecule has 0 amide bonds. The van der Waals surface area contributed by atoms with Crippen molar-refractivity contribution in [1.29, 1.82) is 0 Å². The summed E-state index contributed by atoms with van der Waals surface area (Å²) in [5.74, 6) is -1.35. The molecule has 0 aliphatic carbocycles. The second-order valence-electron chi connectivity index (χ2n) is 3.94. The van der Waals surface area contributed by atoms with E-state index in [4.69, 9.17) is 5.11 Å². The Morgan fingerprint density at radius 1 is 1.50 bits per heavy atom. The van der Waals surface area contributed by atoms with Crippen molar-refractivity contribution in [1.82, 2.24) is 24.7 Å². The molecule has 0 spiro atoms. The Morgan fingerprint density at radius 3 is 2.95 bits per heavy atom. The highest BCUT2D eigenvalue weighted by atomic mass is 32.2. The minimum absolute atomic E-state index is 0.167. The van der Waals surface area contributed by atoms with Crippen LogP contribution in [0.2, 0.25) is 0 Å². The molecule has 0 aliphatic rings. The zero-order valence-electron chi connectivity index (χ0n) is 10.4. The van der Waals surface area contributed by atoms with E-state index in [-0.39, 0.29) is 12.1 Å². The Labute approximate surface area is 114 Å². The highest BCUT2D eigenvalue weighted by Gasteiger charge is 2.24. The van der Waals surface area contributed by atoms with E-state index in [0.29, 0.717) is 13.0 Å². The van der Waals surface area contributed by atoms with Gasteiger partial charge in [0.05, 0.1) is 6.20 Å². The van der Waals surface area contributed by atoms with Crippen LogP contribution in [0.25, 0.3) is 0 Å². The molecule has 20 heavy (non-hydrogen) atoms. The van der Waals surface area contributed by atoms with Crippen molar-refractivity contribution in [2.24, 2.45) is 0 Å². The molecule has 0 fully saturated rings. The molecule has 0 atom stereocenters. The minimum atomic E-state index is -3.91. The molecule has 0 bridgehead atoms. The molecule has 3 N–H and O–H groups in total. The molecule has 0 radical (unpaired) electrons. The fourth-order valence-electron chi connectivity index (χ4n) is 1.58. The summed E-state index contributed by atoms with van der Waals surface area (Å²) in [7, 11) is -3.91. The first-order valence-corrected chi connectivity index (χ1v) is 7.23. The van der Waals surface area contributed by atoms with Gasteiger partial charge in [0.15, 0.2) is 5.03 Å². The van der Waals surface area contributed by atoms with Crippen molar-refractivity contribution in [3.8, 4) is 0 Å². The van der Waals surface area contributed by atoms with E-state index in [9.17, 15) is 13.2 Å². The molecule has 0 unspecified atom stereocenters. The van der Waals surface area contributed by atoms with Crippen LogP contribution in [0.5, 0.6) is 0 Å². The lowest BCUT2D eigenvalue weighted by atomic mass is 10.4. The third-order valence-corrected chi connectivity index (χ3v) is 3.95. The Hall–Kier alpha value is -2.20. The number of rotatable bonds is 7. The summed E-state index contributed by atoms with van der Waals surface area (Å²) in [5.41, 5.74) is -0.385. The third-order valence-electron chi connectivity index (χ3n) is 2.52. The van der Waals surface area contributed by atoms with Gasteiger partial charge in [-0.15, -0.1) is 0 Å². The van der Waals surface area contributed by atoms with E-state index in [0.717, 1.165) is 6.20 Å². The maximum Gasteiger partial charge on any atom is 0.340 e. The van der Waals surface area contributed by atoms with Crippen LogP contribution in [0.4, 0.5) is 0 Å². The molecule has 2 aromatic rings. The van der Waals surface area contributed by atoms with Gasteiger partial charge in [-0.2, -0.15) is 10.2 Å². The van der Waals surface area contributed by atoms with Gasteiger partial charge < -0.3 is 5.11 Å². The zero-order chi connectivity index (χ0) is 14.6. The predicted octanol–water partition coefficient (Wildman–Crippen LogP) is -0.327. The van der Waals surface area contributed by atoms with Crippen LogP contribution in [0.15, 0.2) is 29.7 Å². The number of aryl methyl sites for hydroxylation is 1. The van der Waals surface area contributed by atoms with Gasteiger partial charge in [-0.25, -0.2) is 17.9 Å². The Kier molecular flexibility index (Phi) is 4.15. The number of aromatic carboxylic acids is 1. The largest absolute Gasteiger partial charge is 0.478 e. The van der Waals surface area contributed by atoms with E-state index >= 15 is 0 Å². The third kappa shape index (κ3) is 3.22. The number of carboxylic acids is 1. The second kappa shape index (κ2) is 5.84. The molecule has 9 nitrogen and oxygen atoms in total. The van der Waals surface area contributed by atoms with Gasteiger partial charge in [-0.05, 0) is 12.5 Å². The molecule has 2 aromatic heterocycles. The Balaban J connectivity index is 1.94. The summed E-state index contributed by atoms with van der Waals surface area (Å²) in [6.45, 7) is 0.727. The molecular weight excluding hydrogens is 286 g/mol. The topological polar surface area (TPSA) is 130 Å². The number of carbonyl (C=O) groups is 1. The summed E-state index contributed by atoms with van der Waals surface area (Å²) in [6, 6.07) is 1.77. The first-order valence-electron chi connectivity index (χ1n) is 5.74. The Morgan fingerprint density at radius 2 is 2.30 bits per heavy atom. The van der Waals surface area contributed by atoms with E-state index in [1.54, 1.807) is 23.1 Å². The van der Waals surface area contributed by atoms with Gasteiger partial charge in [0, 0.05) is 25.5 Å². The molecule has 0 saturated heterocycles. The Bertz CT molecular complexity index is 676. The molecule has 0 aromatic carbocycles. The fraction of sp³-hybridized carbons (Fsp3) is 0.300. The number of hydrogen-bond acceptors (Lipinski definition) is 5. The number of hydrogen-bond donors (Lipinski definition) is 3. The van der Waals surface area contributed by atoms with Crippen LogP contribution < -0.4 is 4.72 Å². The number of aromatic nitrogens is 4. The fourth-order valence-corrected chi connectivity index (χ4v) is 2.74. The minimum Gasteiger partial charge on any atom is -0.478 e. The first-order chi connectivity index (χ1) is 9.50. The van der Waals surface area contributed by atoms with Crippen LogP contribution in [-0.2, 0) is 16.6 Å². The van der Waals surface area contributed by atoms with Gasteiger partial charge in [-0.1, -0.05) is 0 Å². The van der Waals surface area contributed by atoms with Crippen molar-refractivity contribution >= 4 is 16.0 Å². The van der Waals surface area contributed by atoms with Crippen molar-refractivity contribution in [3.05, 3.63) is 30.2 Å². The quantitative estimate of drug-likeness (QED) is 0.600. The van der Waals surface area contributed by atoms with Crippen molar-refractivity contribution in [3.63, 3.8) is 0 Å². The average Bonchev–Trinajstić information content (AvgIpc) is 3.05. The van der Waals surface area contributed by atoms with E-state index in [1.807, 2.05) is 0 Å². The van der Waals surface area contributed by atoms with Crippen molar-refractivity contribution in [2.75, 3.05) is 6.54 Å². The van der Waals surface area contributed by atoms with Crippen molar-refractivity contribution < 1.29 is 18.3 Å². The number of aromatic amines is 1. The number of H-pyrrole nitrogens is 1. The van der Waals surface area contributed by atoms with Gasteiger partial charge in [0.2, 0.25) is 0 Å². The monoisotopic (exact) mass is 299 g/mol. The molecule has 2 rings (SSSR count). The molecule has 0 aliphatic heterocycles. The smallest absolute Gasteiger partial charge is 0.340 e. The average molecular weight is 299 g/mol. The number of carboxylic acid groups (broad SMARTS) is 1. The van der Waals surface area contributed by atoms with Crippen LogP contribution in [0.1, 0.15) is 16.8 Å². The molecule has 10 heteroatoms. The van der Waals surface area contributed by atoms with E-state index < -0.39 is 21.0 Å². The van der Waals surface area contributed by atoms with Crippen molar-refractivity contribution in [2.45, 2.75) is 18.0 Å². The van der Waals surface area contributed by atoms with E-state index in [1.165, 1.54) is 0 Å². The maximum atomic E-state index is 11.9. The van der Waals surface area contributed by atoms with Crippen LogP contribution in [0, 0.1) is 0 Å². The second-order valence-corrected chi connectivity index (χ2v) is 5.64. The zero-order valence-corrected chi connectivity index (χ0v) is 11.2. The van der Waals surface area contributed by atoms with Gasteiger partial charge in [0.1, 0.15) is 5.56 Å². The molecule has 2 heterocycles. The number of sulfonamides is 1. The highest BCUT2D eigenvalue weighted by molar-refractivity contribution is 7.89. The molecule has 0 saturated carbocycles. The number of nitrogens with zero attached hydrogens (tertiary/aromatic N) is 3. The SMILES string of the molecule is O=C(O)c1cn[nH]c1S(=O)(=O)NCCCn1cccn1. The lowest BCUT2D eigenvalue weighted by molar-refractivity contribution is 0.0692. The summed E-state index contributed by atoms with van der Waals surface area (Å²) in [6.07, 6.45) is 4.89. The number of nitrogens with one attached hydrogen (secondary N) is 2. The summed E-state index contributed by atoms with van der Waals surface area (Å²) in [5, 5.41) is 18.0. The van der Waals surface area contributed by atoms with Crippen LogP contribution >= 0.6 is 0 Å².